The molecule has 0 bridgehead atoms. The van der Waals surface area contributed by atoms with Crippen molar-refractivity contribution < 1.29 is 8.42 Å². The molecule has 4 rings (SSSR count). The van der Waals surface area contributed by atoms with Crippen molar-refractivity contribution in [2.75, 3.05) is 18.0 Å². The second-order valence-electron chi connectivity index (χ2n) is 6.90. The van der Waals surface area contributed by atoms with Gasteiger partial charge in [0.25, 0.3) is 0 Å². The molecule has 2 atom stereocenters. The maximum atomic E-state index is 12.7. The molecular formula is C16H23N5O2S. The van der Waals surface area contributed by atoms with Gasteiger partial charge in [0.1, 0.15) is 17.8 Å². The Morgan fingerprint density at radius 2 is 2.04 bits per heavy atom. The van der Waals surface area contributed by atoms with Crippen molar-refractivity contribution in [3.05, 3.63) is 18.6 Å². The van der Waals surface area contributed by atoms with Gasteiger partial charge in [-0.05, 0) is 39.2 Å². The van der Waals surface area contributed by atoms with E-state index in [1.807, 2.05) is 12.3 Å². The zero-order valence-electron chi connectivity index (χ0n) is 14.0. The first-order chi connectivity index (χ1) is 11.5. The third-order valence-corrected chi connectivity index (χ3v) is 7.58. The second-order valence-corrected chi connectivity index (χ2v) is 9.34. The van der Waals surface area contributed by atoms with Gasteiger partial charge in [-0.15, -0.1) is 0 Å². The first-order valence-electron chi connectivity index (χ1n) is 8.55. The lowest BCUT2D eigenvalue weighted by atomic mass is 9.99. The van der Waals surface area contributed by atoms with Crippen molar-refractivity contribution in [3.63, 3.8) is 0 Å². The molecule has 0 aliphatic carbocycles. The van der Waals surface area contributed by atoms with Crippen LogP contribution in [0, 0.1) is 0 Å². The van der Waals surface area contributed by atoms with E-state index in [1.165, 1.54) is 0 Å². The molecule has 0 spiro atoms. The zero-order chi connectivity index (χ0) is 16.9. The number of hydrogen-bond acceptors (Lipinski definition) is 5. The Morgan fingerprint density at radius 3 is 2.83 bits per heavy atom. The third kappa shape index (κ3) is 2.31. The Morgan fingerprint density at radius 1 is 1.21 bits per heavy atom. The predicted octanol–water partition coefficient (Wildman–Crippen LogP) is 1.74. The van der Waals surface area contributed by atoms with Gasteiger partial charge >= 0.3 is 0 Å². The van der Waals surface area contributed by atoms with E-state index in [4.69, 9.17) is 0 Å². The summed E-state index contributed by atoms with van der Waals surface area (Å²) in [6.45, 7) is 4.99. The Kier molecular flexibility index (Phi) is 3.76. The van der Waals surface area contributed by atoms with E-state index < -0.39 is 10.0 Å². The highest BCUT2D eigenvalue weighted by molar-refractivity contribution is 7.89. The highest BCUT2D eigenvalue weighted by atomic mass is 32.2. The first kappa shape index (κ1) is 15.8. The number of sulfonamides is 1. The summed E-state index contributed by atoms with van der Waals surface area (Å²) in [6.07, 6.45) is 6.20. The van der Waals surface area contributed by atoms with Crippen LogP contribution in [-0.2, 0) is 10.0 Å². The lowest BCUT2D eigenvalue weighted by Crippen LogP contribution is -2.53. The first-order valence-corrected chi connectivity index (χ1v) is 10.1. The van der Waals surface area contributed by atoms with Crippen molar-refractivity contribution in [2.24, 2.45) is 0 Å². The maximum Gasteiger partial charge on any atom is 0.216 e. The Hall–Kier alpha value is -1.67. The summed E-state index contributed by atoms with van der Waals surface area (Å²) in [7, 11) is -3.22. The van der Waals surface area contributed by atoms with Crippen molar-refractivity contribution >= 4 is 26.9 Å². The van der Waals surface area contributed by atoms with Crippen molar-refractivity contribution in [1.82, 2.24) is 19.3 Å². The molecule has 4 heterocycles. The average Bonchev–Trinajstić information content (AvgIpc) is 3.20. The van der Waals surface area contributed by atoms with Gasteiger partial charge in [-0.3, -0.25) is 0 Å². The summed E-state index contributed by atoms with van der Waals surface area (Å²) in [4.78, 5) is 14.2. The minimum absolute atomic E-state index is 0.0510. The van der Waals surface area contributed by atoms with Gasteiger partial charge in [0.05, 0.1) is 10.6 Å². The van der Waals surface area contributed by atoms with Gasteiger partial charge < -0.3 is 9.88 Å². The van der Waals surface area contributed by atoms with Gasteiger partial charge in [0, 0.05) is 31.4 Å². The average molecular weight is 349 g/mol. The minimum Gasteiger partial charge on any atom is -0.351 e. The van der Waals surface area contributed by atoms with Crippen molar-refractivity contribution in [3.8, 4) is 0 Å². The molecule has 8 heteroatoms. The minimum atomic E-state index is -3.22. The van der Waals surface area contributed by atoms with Crippen LogP contribution < -0.4 is 4.90 Å². The van der Waals surface area contributed by atoms with Crippen molar-refractivity contribution in [1.29, 1.82) is 0 Å². The summed E-state index contributed by atoms with van der Waals surface area (Å²) >= 11 is 0. The predicted molar refractivity (Wildman–Crippen MR) is 93.4 cm³/mol. The molecule has 130 valence electrons. The summed E-state index contributed by atoms with van der Waals surface area (Å²) in [5, 5.41) is 0.628. The molecular weight excluding hydrogens is 326 g/mol. The van der Waals surface area contributed by atoms with E-state index in [1.54, 1.807) is 24.5 Å². The van der Waals surface area contributed by atoms with Gasteiger partial charge in [-0.1, -0.05) is 0 Å². The lowest BCUT2D eigenvalue weighted by Gasteiger charge is -2.40. The third-order valence-electron chi connectivity index (χ3n) is 5.29. The normalized spacial score (nSPS) is 25.5. The van der Waals surface area contributed by atoms with E-state index in [-0.39, 0.29) is 17.3 Å². The molecule has 2 aromatic rings. The quantitative estimate of drug-likeness (QED) is 0.913. The van der Waals surface area contributed by atoms with Crippen LogP contribution in [0.3, 0.4) is 0 Å². The van der Waals surface area contributed by atoms with Crippen molar-refractivity contribution in [2.45, 2.75) is 50.4 Å². The SMILES string of the molecule is CC(C)S(=O)(=O)N1CCCC2C1CCN2c1ncnc2[nH]ccc12. The number of nitrogens with zero attached hydrogens (tertiary/aromatic N) is 4. The molecule has 2 aromatic heterocycles. The standard InChI is InChI=1S/C16H23N5O2S/c1-11(2)24(22,23)21-8-3-4-13-14(21)6-9-20(13)16-12-5-7-17-15(12)18-10-19-16/h5,7,10-11,13-14H,3-4,6,8-9H2,1-2H3,(H,17,18,19). The summed E-state index contributed by atoms with van der Waals surface area (Å²) in [5.41, 5.74) is 0.825. The molecule has 0 amide bonds. The van der Waals surface area contributed by atoms with Crippen LogP contribution in [0.25, 0.3) is 11.0 Å². The molecule has 2 aliphatic heterocycles. The number of H-pyrrole nitrogens is 1. The number of aromatic amines is 1. The number of anilines is 1. The monoisotopic (exact) mass is 349 g/mol. The number of piperidine rings is 1. The highest BCUT2D eigenvalue weighted by Gasteiger charge is 2.45. The molecule has 2 unspecified atom stereocenters. The van der Waals surface area contributed by atoms with Gasteiger partial charge in [0.15, 0.2) is 0 Å². The van der Waals surface area contributed by atoms with Crippen LogP contribution in [0.15, 0.2) is 18.6 Å². The van der Waals surface area contributed by atoms with Gasteiger partial charge in [-0.2, -0.15) is 4.31 Å². The Balaban J connectivity index is 1.69. The molecule has 2 saturated heterocycles. The van der Waals surface area contributed by atoms with Crippen LogP contribution in [-0.4, -0.2) is 58.1 Å². The summed E-state index contributed by atoms with van der Waals surface area (Å²) in [5.74, 6) is 0.914. The number of hydrogen-bond donors (Lipinski definition) is 1. The molecule has 0 aromatic carbocycles. The van der Waals surface area contributed by atoms with E-state index >= 15 is 0 Å². The molecule has 1 N–H and O–H groups in total. The number of rotatable bonds is 3. The second kappa shape index (κ2) is 5.70. The fourth-order valence-electron chi connectivity index (χ4n) is 4.08. The van der Waals surface area contributed by atoms with Crippen LogP contribution in [0.4, 0.5) is 5.82 Å². The fourth-order valence-corrected chi connectivity index (χ4v) is 5.63. The van der Waals surface area contributed by atoms with E-state index in [9.17, 15) is 8.42 Å². The van der Waals surface area contributed by atoms with Gasteiger partial charge in [-0.25, -0.2) is 18.4 Å². The molecule has 24 heavy (non-hydrogen) atoms. The van der Waals surface area contributed by atoms with Crippen LogP contribution in [0.2, 0.25) is 0 Å². The lowest BCUT2D eigenvalue weighted by molar-refractivity contribution is 0.242. The topological polar surface area (TPSA) is 82.2 Å². The molecule has 0 saturated carbocycles. The van der Waals surface area contributed by atoms with E-state index in [0.717, 1.165) is 42.7 Å². The largest absolute Gasteiger partial charge is 0.351 e. The maximum absolute atomic E-state index is 12.7. The van der Waals surface area contributed by atoms with E-state index in [2.05, 4.69) is 19.9 Å². The van der Waals surface area contributed by atoms with Gasteiger partial charge in [0.2, 0.25) is 10.0 Å². The number of fused-ring (bicyclic) bond motifs is 2. The van der Waals surface area contributed by atoms with Crippen LogP contribution >= 0.6 is 0 Å². The number of nitrogens with one attached hydrogen (secondary N) is 1. The molecule has 7 nitrogen and oxygen atoms in total. The summed E-state index contributed by atoms with van der Waals surface area (Å²) in [6, 6.07) is 2.24. The molecule has 2 aliphatic rings. The van der Waals surface area contributed by atoms with E-state index in [0.29, 0.717) is 6.54 Å². The van der Waals surface area contributed by atoms with Crippen LogP contribution in [0.1, 0.15) is 33.1 Å². The van der Waals surface area contributed by atoms with Crippen LogP contribution in [0.5, 0.6) is 0 Å². The molecule has 2 fully saturated rings. The summed E-state index contributed by atoms with van der Waals surface area (Å²) < 4.78 is 27.2. The highest BCUT2D eigenvalue weighted by Crippen LogP contribution is 2.37. The Bertz CT molecular complexity index is 847. The fraction of sp³-hybridized carbons (Fsp3) is 0.625. The Labute approximate surface area is 142 Å². The number of aromatic nitrogens is 3. The smallest absolute Gasteiger partial charge is 0.216 e. The zero-order valence-corrected chi connectivity index (χ0v) is 14.8. The molecule has 0 radical (unpaired) electrons.